The van der Waals surface area contributed by atoms with Crippen LogP contribution in [-0.2, 0) is 9.59 Å². The van der Waals surface area contributed by atoms with E-state index in [2.05, 4.69) is 26.6 Å². The van der Waals surface area contributed by atoms with Gasteiger partial charge in [0.1, 0.15) is 0 Å². The SMILES string of the molecule is Cc1ccc(Cl)cc1NC(=O)C[NH+](C)CC(=O)Nc1ccccc1Br. The first-order valence-electron chi connectivity index (χ1n) is 7.77. The summed E-state index contributed by atoms with van der Waals surface area (Å²) < 4.78 is 0.815. The van der Waals surface area contributed by atoms with E-state index < -0.39 is 0 Å². The number of halogens is 2. The summed E-state index contributed by atoms with van der Waals surface area (Å²) in [6, 6.07) is 12.7. The summed E-state index contributed by atoms with van der Waals surface area (Å²) >= 11 is 9.34. The van der Waals surface area contributed by atoms with Crippen molar-refractivity contribution >= 4 is 50.7 Å². The highest BCUT2D eigenvalue weighted by Crippen LogP contribution is 2.21. The number of benzene rings is 2. The Kier molecular flexibility index (Phi) is 6.99. The number of hydrogen-bond donors (Lipinski definition) is 3. The summed E-state index contributed by atoms with van der Waals surface area (Å²) in [6.45, 7) is 2.26. The minimum atomic E-state index is -0.170. The molecule has 7 heteroatoms. The van der Waals surface area contributed by atoms with Crippen LogP contribution in [0.25, 0.3) is 0 Å². The number of nitrogens with one attached hydrogen (secondary N) is 3. The summed E-state index contributed by atoms with van der Waals surface area (Å²) in [5.74, 6) is -0.326. The van der Waals surface area contributed by atoms with Crippen molar-refractivity contribution in [2.45, 2.75) is 6.92 Å². The maximum Gasteiger partial charge on any atom is 0.279 e. The minimum Gasteiger partial charge on any atom is -0.322 e. The number of likely N-dealkylation sites (N-methyl/N-ethyl adjacent to an activating group) is 1. The molecule has 0 aliphatic heterocycles. The second kappa shape index (κ2) is 8.99. The largest absolute Gasteiger partial charge is 0.322 e. The number of rotatable bonds is 6. The van der Waals surface area contributed by atoms with Gasteiger partial charge >= 0.3 is 0 Å². The van der Waals surface area contributed by atoms with Crippen molar-refractivity contribution < 1.29 is 14.5 Å². The molecule has 3 N–H and O–H groups in total. The standard InChI is InChI=1S/C18H19BrClN3O2/c1-12-7-8-13(20)9-16(12)22-18(25)11-23(2)10-17(24)21-15-6-4-3-5-14(15)19/h3-9H,10-11H2,1-2H3,(H,21,24)(H,22,25)/p+1. The van der Waals surface area contributed by atoms with Crippen molar-refractivity contribution in [2.75, 3.05) is 30.8 Å². The van der Waals surface area contributed by atoms with Crippen molar-refractivity contribution in [1.82, 2.24) is 0 Å². The summed E-state index contributed by atoms with van der Waals surface area (Å²) in [5.41, 5.74) is 2.32. The van der Waals surface area contributed by atoms with Crippen molar-refractivity contribution in [3.05, 3.63) is 57.5 Å². The molecule has 0 aliphatic carbocycles. The van der Waals surface area contributed by atoms with Crippen LogP contribution in [0.5, 0.6) is 0 Å². The van der Waals surface area contributed by atoms with Gasteiger partial charge in [-0.05, 0) is 52.7 Å². The zero-order valence-electron chi connectivity index (χ0n) is 14.0. The first-order valence-corrected chi connectivity index (χ1v) is 8.94. The predicted octanol–water partition coefficient (Wildman–Crippen LogP) is 2.50. The molecule has 0 saturated carbocycles. The molecule has 0 aliphatic rings. The molecule has 2 aromatic carbocycles. The molecule has 5 nitrogen and oxygen atoms in total. The predicted molar refractivity (Wildman–Crippen MR) is 104 cm³/mol. The van der Waals surface area contributed by atoms with Gasteiger partial charge in [0.15, 0.2) is 13.1 Å². The Morgan fingerprint density at radius 1 is 1.04 bits per heavy atom. The fourth-order valence-corrected chi connectivity index (χ4v) is 2.85. The van der Waals surface area contributed by atoms with Crippen LogP contribution in [0.1, 0.15) is 5.56 Å². The van der Waals surface area contributed by atoms with E-state index in [-0.39, 0.29) is 24.9 Å². The van der Waals surface area contributed by atoms with Crippen molar-refractivity contribution in [2.24, 2.45) is 0 Å². The molecule has 0 spiro atoms. The Hall–Kier alpha value is -1.89. The Morgan fingerprint density at radius 3 is 2.28 bits per heavy atom. The van der Waals surface area contributed by atoms with Crippen molar-refractivity contribution in [1.29, 1.82) is 0 Å². The van der Waals surface area contributed by atoms with E-state index in [0.29, 0.717) is 16.4 Å². The van der Waals surface area contributed by atoms with E-state index in [1.807, 2.05) is 37.3 Å². The van der Waals surface area contributed by atoms with Gasteiger partial charge in [0.05, 0.1) is 12.7 Å². The molecule has 0 fully saturated rings. The molecule has 0 heterocycles. The molecule has 0 saturated heterocycles. The summed E-state index contributed by atoms with van der Waals surface area (Å²) in [4.78, 5) is 25.1. The zero-order valence-corrected chi connectivity index (χ0v) is 16.4. The van der Waals surface area contributed by atoms with Crippen LogP contribution in [-0.4, -0.2) is 32.0 Å². The van der Waals surface area contributed by atoms with Gasteiger partial charge in [-0.2, -0.15) is 0 Å². The molecule has 2 rings (SSSR count). The molecule has 1 unspecified atom stereocenters. The van der Waals surface area contributed by atoms with Crippen LogP contribution in [0.3, 0.4) is 0 Å². The van der Waals surface area contributed by atoms with E-state index in [4.69, 9.17) is 11.6 Å². The van der Waals surface area contributed by atoms with Gasteiger partial charge in [-0.1, -0.05) is 29.8 Å². The lowest BCUT2D eigenvalue weighted by molar-refractivity contribution is -0.862. The Morgan fingerprint density at radius 2 is 1.64 bits per heavy atom. The third-order valence-electron chi connectivity index (χ3n) is 3.55. The van der Waals surface area contributed by atoms with Crippen LogP contribution in [0.2, 0.25) is 5.02 Å². The highest BCUT2D eigenvalue weighted by atomic mass is 79.9. The number of quaternary nitrogens is 1. The Balaban J connectivity index is 1.85. The molecular formula is C18H20BrClN3O2+. The highest BCUT2D eigenvalue weighted by Gasteiger charge is 2.15. The van der Waals surface area contributed by atoms with E-state index in [1.165, 1.54) is 0 Å². The van der Waals surface area contributed by atoms with Gasteiger partial charge in [0.25, 0.3) is 11.8 Å². The van der Waals surface area contributed by atoms with E-state index >= 15 is 0 Å². The highest BCUT2D eigenvalue weighted by molar-refractivity contribution is 9.10. The van der Waals surface area contributed by atoms with Gasteiger partial charge in [-0.3, -0.25) is 9.59 Å². The summed E-state index contributed by atoms with van der Waals surface area (Å²) in [6.07, 6.45) is 0. The lowest BCUT2D eigenvalue weighted by atomic mass is 10.2. The van der Waals surface area contributed by atoms with Crippen LogP contribution < -0.4 is 15.5 Å². The van der Waals surface area contributed by atoms with Gasteiger partial charge in [-0.25, -0.2) is 0 Å². The lowest BCUT2D eigenvalue weighted by Gasteiger charge is -2.15. The van der Waals surface area contributed by atoms with Crippen LogP contribution >= 0.6 is 27.5 Å². The quantitative estimate of drug-likeness (QED) is 0.666. The fraction of sp³-hybridized carbons (Fsp3) is 0.222. The second-order valence-electron chi connectivity index (χ2n) is 5.85. The monoisotopic (exact) mass is 424 g/mol. The van der Waals surface area contributed by atoms with E-state index in [1.54, 1.807) is 19.2 Å². The Labute approximate surface area is 160 Å². The lowest BCUT2D eigenvalue weighted by Crippen LogP contribution is -3.11. The molecule has 0 radical (unpaired) electrons. The third kappa shape index (κ3) is 6.16. The molecule has 2 amide bonds. The summed E-state index contributed by atoms with van der Waals surface area (Å²) in [5, 5.41) is 6.22. The number of anilines is 2. The third-order valence-corrected chi connectivity index (χ3v) is 4.47. The van der Waals surface area contributed by atoms with Gasteiger partial charge in [-0.15, -0.1) is 0 Å². The maximum atomic E-state index is 12.2. The number of carbonyl (C=O) groups is 2. The molecule has 132 valence electrons. The van der Waals surface area contributed by atoms with Gasteiger partial charge in [0, 0.05) is 15.2 Å². The van der Waals surface area contributed by atoms with E-state index in [9.17, 15) is 9.59 Å². The van der Waals surface area contributed by atoms with Crippen molar-refractivity contribution in [3.63, 3.8) is 0 Å². The van der Waals surface area contributed by atoms with Gasteiger partial charge < -0.3 is 15.5 Å². The molecule has 1 atom stereocenters. The maximum absolute atomic E-state index is 12.2. The van der Waals surface area contributed by atoms with Crippen LogP contribution in [0.4, 0.5) is 11.4 Å². The molecule has 0 bridgehead atoms. The van der Waals surface area contributed by atoms with Crippen LogP contribution in [0, 0.1) is 6.92 Å². The second-order valence-corrected chi connectivity index (χ2v) is 7.14. The first-order chi connectivity index (χ1) is 11.8. The fourth-order valence-electron chi connectivity index (χ4n) is 2.29. The van der Waals surface area contributed by atoms with Gasteiger partial charge in [0.2, 0.25) is 0 Å². The van der Waals surface area contributed by atoms with Crippen LogP contribution in [0.15, 0.2) is 46.9 Å². The molecule has 2 aromatic rings. The molecular weight excluding hydrogens is 406 g/mol. The first kappa shape index (κ1) is 19.4. The number of carbonyl (C=O) groups excluding carboxylic acids is 2. The zero-order chi connectivity index (χ0) is 18.4. The van der Waals surface area contributed by atoms with E-state index in [0.717, 1.165) is 14.9 Å². The molecule has 25 heavy (non-hydrogen) atoms. The topological polar surface area (TPSA) is 62.6 Å². The smallest absolute Gasteiger partial charge is 0.279 e. The number of para-hydroxylation sites is 1. The summed E-state index contributed by atoms with van der Waals surface area (Å²) in [7, 11) is 1.80. The Bertz CT molecular complexity index is 783. The number of hydrogen-bond acceptors (Lipinski definition) is 2. The molecule has 0 aromatic heterocycles. The number of amides is 2. The average molecular weight is 426 g/mol. The minimum absolute atomic E-state index is 0.156. The normalized spacial score (nSPS) is 11.7. The average Bonchev–Trinajstić information content (AvgIpc) is 2.52. The number of aryl methyl sites for hydroxylation is 1. The van der Waals surface area contributed by atoms with Crippen molar-refractivity contribution in [3.8, 4) is 0 Å².